The summed E-state index contributed by atoms with van der Waals surface area (Å²) in [6.45, 7) is 4.79. The zero-order valence-electron chi connectivity index (χ0n) is 8.83. The molecule has 1 aromatic rings. The number of anilines is 1. The number of rotatable bonds is 4. The fraction of sp³-hybridized carbons (Fsp3) is 0.545. The van der Waals surface area contributed by atoms with Crippen LogP contribution in [0.25, 0.3) is 0 Å². The summed E-state index contributed by atoms with van der Waals surface area (Å²) >= 11 is 0. The van der Waals surface area contributed by atoms with Crippen LogP contribution in [-0.2, 0) is 6.54 Å². The summed E-state index contributed by atoms with van der Waals surface area (Å²) in [5, 5.41) is 0. The standard InChI is InChI=1S/C11H17N3/c1-4-7-14-8-13-10(11(14)12)9(5-2)6-3/h1,8-9H,5-7,12H2,2-3H3. The maximum atomic E-state index is 5.95. The van der Waals surface area contributed by atoms with Crippen LogP contribution in [0.2, 0.25) is 0 Å². The molecule has 76 valence electrons. The summed E-state index contributed by atoms with van der Waals surface area (Å²) in [6.07, 6.45) is 9.08. The van der Waals surface area contributed by atoms with E-state index < -0.39 is 0 Å². The summed E-state index contributed by atoms with van der Waals surface area (Å²) in [5.41, 5.74) is 6.94. The van der Waals surface area contributed by atoms with Gasteiger partial charge in [-0.1, -0.05) is 19.8 Å². The Balaban J connectivity index is 2.94. The zero-order chi connectivity index (χ0) is 10.6. The second-order valence-corrected chi connectivity index (χ2v) is 3.36. The number of hydrogen-bond acceptors (Lipinski definition) is 2. The Morgan fingerprint density at radius 1 is 1.57 bits per heavy atom. The highest BCUT2D eigenvalue weighted by Crippen LogP contribution is 2.26. The van der Waals surface area contributed by atoms with E-state index in [1.54, 1.807) is 6.33 Å². The SMILES string of the molecule is C#CCn1cnc(C(CC)CC)c1N. The average molecular weight is 191 g/mol. The van der Waals surface area contributed by atoms with Crippen molar-refractivity contribution in [3.63, 3.8) is 0 Å². The lowest BCUT2D eigenvalue weighted by Gasteiger charge is -2.10. The molecule has 0 saturated carbocycles. The molecular weight excluding hydrogens is 174 g/mol. The maximum absolute atomic E-state index is 5.95. The van der Waals surface area contributed by atoms with Gasteiger partial charge in [0.25, 0.3) is 0 Å². The van der Waals surface area contributed by atoms with Crippen molar-refractivity contribution in [2.45, 2.75) is 39.2 Å². The van der Waals surface area contributed by atoms with Crippen molar-refractivity contribution < 1.29 is 0 Å². The third kappa shape index (κ3) is 1.90. The van der Waals surface area contributed by atoms with Gasteiger partial charge in [-0.2, -0.15) is 0 Å². The fourth-order valence-electron chi connectivity index (χ4n) is 1.62. The Bertz CT molecular complexity index is 329. The lowest BCUT2D eigenvalue weighted by molar-refractivity contribution is 0.628. The summed E-state index contributed by atoms with van der Waals surface area (Å²) in [4.78, 5) is 4.32. The molecule has 0 amide bonds. The number of nitrogens with two attached hydrogens (primary N) is 1. The first-order valence-corrected chi connectivity index (χ1v) is 4.98. The van der Waals surface area contributed by atoms with E-state index in [4.69, 9.17) is 12.2 Å². The summed E-state index contributed by atoms with van der Waals surface area (Å²) in [5.74, 6) is 3.73. The van der Waals surface area contributed by atoms with E-state index in [0.717, 1.165) is 24.4 Å². The third-order valence-electron chi connectivity index (χ3n) is 2.54. The highest BCUT2D eigenvalue weighted by Gasteiger charge is 2.14. The van der Waals surface area contributed by atoms with Crippen LogP contribution >= 0.6 is 0 Å². The van der Waals surface area contributed by atoms with Crippen molar-refractivity contribution in [1.82, 2.24) is 9.55 Å². The molecule has 0 spiro atoms. The van der Waals surface area contributed by atoms with E-state index in [2.05, 4.69) is 24.8 Å². The van der Waals surface area contributed by atoms with E-state index in [9.17, 15) is 0 Å². The number of imidazole rings is 1. The van der Waals surface area contributed by atoms with Gasteiger partial charge in [-0.15, -0.1) is 6.42 Å². The smallest absolute Gasteiger partial charge is 0.127 e. The van der Waals surface area contributed by atoms with Crippen LogP contribution in [-0.4, -0.2) is 9.55 Å². The Labute approximate surface area is 85.3 Å². The van der Waals surface area contributed by atoms with Gasteiger partial charge in [-0.3, -0.25) is 0 Å². The molecule has 0 aliphatic heterocycles. The Morgan fingerprint density at radius 3 is 2.71 bits per heavy atom. The minimum Gasteiger partial charge on any atom is -0.384 e. The number of aromatic nitrogens is 2. The largest absolute Gasteiger partial charge is 0.384 e. The van der Waals surface area contributed by atoms with Gasteiger partial charge in [0.1, 0.15) is 5.82 Å². The number of hydrogen-bond donors (Lipinski definition) is 1. The molecular formula is C11H17N3. The Morgan fingerprint density at radius 2 is 2.21 bits per heavy atom. The van der Waals surface area contributed by atoms with Crippen molar-refractivity contribution in [1.29, 1.82) is 0 Å². The van der Waals surface area contributed by atoms with E-state index in [1.165, 1.54) is 0 Å². The molecule has 14 heavy (non-hydrogen) atoms. The average Bonchev–Trinajstić information content (AvgIpc) is 2.53. The van der Waals surface area contributed by atoms with E-state index >= 15 is 0 Å². The van der Waals surface area contributed by atoms with Crippen LogP contribution in [0, 0.1) is 12.3 Å². The molecule has 1 heterocycles. The summed E-state index contributed by atoms with van der Waals surface area (Å²) < 4.78 is 1.81. The van der Waals surface area contributed by atoms with Crippen molar-refractivity contribution >= 4 is 5.82 Å². The van der Waals surface area contributed by atoms with E-state index in [0.29, 0.717) is 12.5 Å². The molecule has 0 aliphatic rings. The highest BCUT2D eigenvalue weighted by molar-refractivity contribution is 5.38. The molecule has 0 unspecified atom stereocenters. The minimum absolute atomic E-state index is 0.453. The van der Waals surface area contributed by atoms with Crippen LogP contribution in [0.3, 0.4) is 0 Å². The predicted molar refractivity (Wildman–Crippen MR) is 58.8 cm³/mol. The lowest BCUT2D eigenvalue weighted by atomic mass is 9.99. The molecule has 0 fully saturated rings. The predicted octanol–water partition coefficient (Wildman–Crippen LogP) is 2.00. The summed E-state index contributed by atoms with van der Waals surface area (Å²) in [6, 6.07) is 0. The molecule has 3 heteroatoms. The third-order valence-corrected chi connectivity index (χ3v) is 2.54. The van der Waals surface area contributed by atoms with Gasteiger partial charge in [-0.05, 0) is 12.8 Å². The maximum Gasteiger partial charge on any atom is 0.127 e. The second-order valence-electron chi connectivity index (χ2n) is 3.36. The Kier molecular flexibility index (Phi) is 3.58. The Hall–Kier alpha value is -1.43. The molecule has 0 aliphatic carbocycles. The molecule has 2 N–H and O–H groups in total. The van der Waals surface area contributed by atoms with Crippen LogP contribution in [0.1, 0.15) is 38.3 Å². The lowest BCUT2D eigenvalue weighted by Crippen LogP contribution is -2.05. The normalized spacial score (nSPS) is 10.4. The molecule has 0 bridgehead atoms. The molecule has 0 aromatic carbocycles. The first kappa shape index (κ1) is 10.6. The van der Waals surface area contributed by atoms with Crippen LogP contribution in [0.4, 0.5) is 5.82 Å². The van der Waals surface area contributed by atoms with Crippen LogP contribution in [0.5, 0.6) is 0 Å². The van der Waals surface area contributed by atoms with Crippen LogP contribution < -0.4 is 5.73 Å². The van der Waals surface area contributed by atoms with Gasteiger partial charge < -0.3 is 10.3 Å². The van der Waals surface area contributed by atoms with E-state index in [1.807, 2.05) is 4.57 Å². The first-order valence-electron chi connectivity index (χ1n) is 4.98. The molecule has 3 nitrogen and oxygen atoms in total. The molecule has 0 radical (unpaired) electrons. The minimum atomic E-state index is 0.453. The van der Waals surface area contributed by atoms with Crippen molar-refractivity contribution in [3.05, 3.63) is 12.0 Å². The number of nitrogen functional groups attached to an aromatic ring is 1. The molecule has 0 saturated heterocycles. The van der Waals surface area contributed by atoms with Gasteiger partial charge in [-0.25, -0.2) is 4.98 Å². The molecule has 0 atom stereocenters. The van der Waals surface area contributed by atoms with Gasteiger partial charge in [0, 0.05) is 5.92 Å². The zero-order valence-corrected chi connectivity index (χ0v) is 8.83. The number of terminal acetylenes is 1. The van der Waals surface area contributed by atoms with Gasteiger partial charge in [0.15, 0.2) is 0 Å². The van der Waals surface area contributed by atoms with Gasteiger partial charge in [0.05, 0.1) is 18.6 Å². The van der Waals surface area contributed by atoms with Gasteiger partial charge in [0.2, 0.25) is 0 Å². The quantitative estimate of drug-likeness (QED) is 0.740. The summed E-state index contributed by atoms with van der Waals surface area (Å²) in [7, 11) is 0. The molecule has 1 rings (SSSR count). The number of nitrogens with zero attached hydrogens (tertiary/aromatic N) is 2. The first-order chi connectivity index (χ1) is 6.74. The van der Waals surface area contributed by atoms with Crippen LogP contribution in [0.15, 0.2) is 6.33 Å². The molecule has 1 aromatic heterocycles. The van der Waals surface area contributed by atoms with Gasteiger partial charge >= 0.3 is 0 Å². The topological polar surface area (TPSA) is 43.8 Å². The van der Waals surface area contributed by atoms with Crippen molar-refractivity contribution in [2.75, 3.05) is 5.73 Å². The van der Waals surface area contributed by atoms with Crippen molar-refractivity contribution in [2.24, 2.45) is 0 Å². The fourth-order valence-corrected chi connectivity index (χ4v) is 1.62. The highest BCUT2D eigenvalue weighted by atomic mass is 15.1. The monoisotopic (exact) mass is 191 g/mol. The van der Waals surface area contributed by atoms with Crippen molar-refractivity contribution in [3.8, 4) is 12.3 Å². The second kappa shape index (κ2) is 4.71. The van der Waals surface area contributed by atoms with E-state index in [-0.39, 0.29) is 0 Å².